The summed E-state index contributed by atoms with van der Waals surface area (Å²) >= 11 is 0. The van der Waals surface area contributed by atoms with Gasteiger partial charge in [0.05, 0.1) is 16.7 Å². The van der Waals surface area contributed by atoms with E-state index >= 15 is 0 Å². The van der Waals surface area contributed by atoms with Gasteiger partial charge in [0, 0.05) is 14.0 Å². The van der Waals surface area contributed by atoms with E-state index in [1.54, 1.807) is 0 Å². The molecule has 0 amide bonds. The molecular formula is C12H15N3O2. The number of carbonyl (C=O) groups is 1. The first-order chi connectivity index (χ1) is 7.99. The quantitative estimate of drug-likeness (QED) is 0.630. The average Bonchev–Trinajstić information content (AvgIpc) is 2.52. The van der Waals surface area contributed by atoms with Gasteiger partial charge in [-0.1, -0.05) is 0 Å². The monoisotopic (exact) mass is 233 g/mol. The minimum Gasteiger partial charge on any atom is -0.458 e. The van der Waals surface area contributed by atoms with Crippen molar-refractivity contribution in [1.29, 1.82) is 0 Å². The molecule has 0 saturated carbocycles. The van der Waals surface area contributed by atoms with Crippen LogP contribution in [0.15, 0.2) is 12.1 Å². The maximum atomic E-state index is 10.8. The number of fused-ring (bicyclic) bond motifs is 1. The van der Waals surface area contributed by atoms with Gasteiger partial charge in [-0.25, -0.2) is 4.98 Å². The summed E-state index contributed by atoms with van der Waals surface area (Å²) in [4.78, 5) is 15.2. The van der Waals surface area contributed by atoms with Crippen molar-refractivity contribution in [2.45, 2.75) is 20.5 Å². The van der Waals surface area contributed by atoms with E-state index in [1.165, 1.54) is 6.92 Å². The molecule has 0 aliphatic rings. The summed E-state index contributed by atoms with van der Waals surface area (Å²) < 4.78 is 6.80. The van der Waals surface area contributed by atoms with Crippen molar-refractivity contribution in [1.82, 2.24) is 9.55 Å². The first kappa shape index (κ1) is 11.4. The number of rotatable bonds is 2. The normalized spacial score (nSPS) is 10.8. The fourth-order valence-corrected chi connectivity index (χ4v) is 1.88. The predicted molar refractivity (Wildman–Crippen MR) is 65.3 cm³/mol. The Morgan fingerprint density at radius 3 is 2.88 bits per heavy atom. The molecule has 0 saturated heterocycles. The number of nitrogen functional groups attached to an aromatic ring is 1. The van der Waals surface area contributed by atoms with Gasteiger partial charge in [-0.3, -0.25) is 4.79 Å². The molecule has 0 bridgehead atoms. The summed E-state index contributed by atoms with van der Waals surface area (Å²) in [6.07, 6.45) is 0. The number of hydrogen-bond donors (Lipinski definition) is 1. The lowest BCUT2D eigenvalue weighted by molar-refractivity contribution is -0.142. The largest absolute Gasteiger partial charge is 0.458 e. The number of hydrogen-bond acceptors (Lipinski definition) is 4. The lowest BCUT2D eigenvalue weighted by Gasteiger charge is -2.04. The van der Waals surface area contributed by atoms with Gasteiger partial charge in [0.15, 0.2) is 0 Å². The summed E-state index contributed by atoms with van der Waals surface area (Å²) in [5.74, 6) is 0.369. The van der Waals surface area contributed by atoms with Gasteiger partial charge in [-0.2, -0.15) is 0 Å². The van der Waals surface area contributed by atoms with Gasteiger partial charge in [0.2, 0.25) is 0 Å². The molecule has 1 aromatic heterocycles. The molecule has 2 rings (SSSR count). The molecule has 0 aliphatic heterocycles. The van der Waals surface area contributed by atoms with Gasteiger partial charge in [0.25, 0.3) is 0 Å². The van der Waals surface area contributed by atoms with Gasteiger partial charge in [-0.15, -0.1) is 0 Å². The first-order valence-corrected chi connectivity index (χ1v) is 5.34. The Labute approximate surface area is 99.2 Å². The Hall–Kier alpha value is -2.04. The van der Waals surface area contributed by atoms with Crippen LogP contribution in [0.25, 0.3) is 11.0 Å². The number of nitrogens with zero attached hydrogens (tertiary/aromatic N) is 2. The van der Waals surface area contributed by atoms with E-state index < -0.39 is 0 Å². The van der Waals surface area contributed by atoms with E-state index in [2.05, 4.69) is 4.98 Å². The van der Waals surface area contributed by atoms with Crippen LogP contribution in [0, 0.1) is 6.92 Å². The fraction of sp³-hybridized carbons (Fsp3) is 0.333. The number of ether oxygens (including phenoxy) is 1. The highest BCUT2D eigenvalue weighted by Crippen LogP contribution is 2.23. The summed E-state index contributed by atoms with van der Waals surface area (Å²) in [5, 5.41) is 0. The minimum atomic E-state index is -0.318. The minimum absolute atomic E-state index is 0.166. The molecular weight excluding hydrogens is 218 g/mol. The Balaban J connectivity index is 2.49. The molecule has 0 fully saturated rings. The van der Waals surface area contributed by atoms with Crippen LogP contribution in [0.4, 0.5) is 5.69 Å². The number of anilines is 1. The zero-order valence-electron chi connectivity index (χ0n) is 10.2. The van der Waals surface area contributed by atoms with Crippen LogP contribution >= 0.6 is 0 Å². The van der Waals surface area contributed by atoms with Crippen LogP contribution in [-0.2, 0) is 23.2 Å². The van der Waals surface area contributed by atoms with Crippen molar-refractivity contribution in [3.05, 3.63) is 23.5 Å². The second-order valence-electron chi connectivity index (χ2n) is 4.09. The molecule has 0 aliphatic carbocycles. The zero-order chi connectivity index (χ0) is 12.6. The highest BCUT2D eigenvalue weighted by atomic mass is 16.5. The third kappa shape index (κ3) is 2.08. The molecule has 5 nitrogen and oxygen atoms in total. The Morgan fingerprint density at radius 1 is 1.53 bits per heavy atom. The molecule has 17 heavy (non-hydrogen) atoms. The molecule has 2 aromatic rings. The summed E-state index contributed by atoms with van der Waals surface area (Å²) in [6.45, 7) is 3.51. The number of aryl methyl sites for hydroxylation is 2. The van der Waals surface area contributed by atoms with Crippen molar-refractivity contribution >= 4 is 22.7 Å². The van der Waals surface area contributed by atoms with Crippen LogP contribution in [0.3, 0.4) is 0 Å². The van der Waals surface area contributed by atoms with Crippen molar-refractivity contribution in [3.63, 3.8) is 0 Å². The molecule has 0 unspecified atom stereocenters. The van der Waals surface area contributed by atoms with Crippen LogP contribution in [-0.4, -0.2) is 15.5 Å². The second-order valence-corrected chi connectivity index (χ2v) is 4.09. The van der Waals surface area contributed by atoms with E-state index in [0.29, 0.717) is 11.5 Å². The third-order valence-electron chi connectivity index (χ3n) is 2.64. The molecule has 5 heteroatoms. The van der Waals surface area contributed by atoms with Gasteiger partial charge in [-0.05, 0) is 24.6 Å². The van der Waals surface area contributed by atoms with E-state index in [1.807, 2.05) is 30.7 Å². The van der Waals surface area contributed by atoms with Gasteiger partial charge >= 0.3 is 5.97 Å². The molecule has 0 atom stereocenters. The number of aromatic nitrogens is 2. The summed E-state index contributed by atoms with van der Waals surface area (Å²) in [6, 6.07) is 3.86. The van der Waals surface area contributed by atoms with Crippen molar-refractivity contribution in [2.24, 2.45) is 7.05 Å². The fourth-order valence-electron chi connectivity index (χ4n) is 1.88. The molecule has 2 N–H and O–H groups in total. The Morgan fingerprint density at radius 2 is 2.24 bits per heavy atom. The van der Waals surface area contributed by atoms with E-state index in [4.69, 9.17) is 10.5 Å². The smallest absolute Gasteiger partial charge is 0.303 e. The maximum Gasteiger partial charge on any atom is 0.303 e. The van der Waals surface area contributed by atoms with Crippen LogP contribution in [0.1, 0.15) is 18.3 Å². The molecule has 0 radical (unpaired) electrons. The SMILES string of the molecule is CC(=O)OCc1nc2cc(C)cc(N)c2n1C. The zero-order valence-corrected chi connectivity index (χ0v) is 10.2. The Bertz CT molecular complexity index is 587. The molecule has 0 spiro atoms. The number of imidazole rings is 1. The van der Waals surface area contributed by atoms with E-state index in [-0.39, 0.29) is 12.6 Å². The van der Waals surface area contributed by atoms with Gasteiger partial charge < -0.3 is 15.0 Å². The molecule has 90 valence electrons. The van der Waals surface area contributed by atoms with E-state index in [0.717, 1.165) is 16.6 Å². The van der Waals surface area contributed by atoms with Crippen LogP contribution in [0.5, 0.6) is 0 Å². The standard InChI is InChI=1S/C12H15N3O2/c1-7-4-9(13)12-10(5-7)14-11(15(12)3)6-17-8(2)16/h4-5H,6,13H2,1-3H3. The first-order valence-electron chi connectivity index (χ1n) is 5.34. The number of nitrogens with two attached hydrogens (primary N) is 1. The summed E-state index contributed by atoms with van der Waals surface area (Å²) in [5.41, 5.74) is 9.40. The topological polar surface area (TPSA) is 70.1 Å². The maximum absolute atomic E-state index is 10.8. The third-order valence-corrected chi connectivity index (χ3v) is 2.64. The summed E-state index contributed by atoms with van der Waals surface area (Å²) in [7, 11) is 1.86. The Kier molecular flexibility index (Phi) is 2.75. The van der Waals surface area contributed by atoms with Crippen LogP contribution in [0.2, 0.25) is 0 Å². The van der Waals surface area contributed by atoms with Crippen molar-refractivity contribution < 1.29 is 9.53 Å². The highest BCUT2D eigenvalue weighted by molar-refractivity contribution is 5.88. The lowest BCUT2D eigenvalue weighted by Crippen LogP contribution is -2.05. The number of carbonyl (C=O) groups excluding carboxylic acids is 1. The van der Waals surface area contributed by atoms with Crippen LogP contribution < -0.4 is 5.73 Å². The predicted octanol–water partition coefficient (Wildman–Crippen LogP) is 1.53. The number of esters is 1. The second kappa shape index (κ2) is 4.08. The van der Waals surface area contributed by atoms with Crippen molar-refractivity contribution in [3.8, 4) is 0 Å². The van der Waals surface area contributed by atoms with E-state index in [9.17, 15) is 4.79 Å². The highest BCUT2D eigenvalue weighted by Gasteiger charge is 2.11. The molecule has 1 heterocycles. The molecule has 1 aromatic carbocycles. The average molecular weight is 233 g/mol. The van der Waals surface area contributed by atoms with Crippen molar-refractivity contribution in [2.75, 3.05) is 5.73 Å². The lowest BCUT2D eigenvalue weighted by atomic mass is 10.2. The van der Waals surface area contributed by atoms with Gasteiger partial charge in [0.1, 0.15) is 12.4 Å². The number of benzene rings is 1.